The summed E-state index contributed by atoms with van der Waals surface area (Å²) in [5.41, 5.74) is 10.8. The number of hydrogen-bond acceptors (Lipinski definition) is 2. The Morgan fingerprint density at radius 3 is 1.22 bits per heavy atom. The zero-order valence-corrected chi connectivity index (χ0v) is 15.2. The Balaban J connectivity index is 1.91. The molecule has 0 aliphatic carbocycles. The monoisotopic (exact) mass is 307 g/mol. The van der Waals surface area contributed by atoms with Crippen molar-refractivity contribution in [1.82, 2.24) is 0 Å². The van der Waals surface area contributed by atoms with Crippen molar-refractivity contribution in [2.45, 2.75) is 41.5 Å². The van der Waals surface area contributed by atoms with Crippen LogP contribution in [0.4, 0.5) is 11.4 Å². The van der Waals surface area contributed by atoms with Crippen molar-refractivity contribution in [3.8, 4) is 0 Å². The van der Waals surface area contributed by atoms with Crippen molar-refractivity contribution >= 4 is 11.4 Å². The molecule has 1 aliphatic rings. The highest BCUT2D eigenvalue weighted by molar-refractivity contribution is 5.68. The molecular formula is C21H27N2-. The van der Waals surface area contributed by atoms with Gasteiger partial charge in [-0.2, -0.15) is 6.67 Å². The summed E-state index contributed by atoms with van der Waals surface area (Å²) in [6.07, 6.45) is 0. The molecule has 2 heteroatoms. The van der Waals surface area contributed by atoms with E-state index in [1.54, 1.807) is 0 Å². The van der Waals surface area contributed by atoms with Crippen LogP contribution in [0.1, 0.15) is 33.4 Å². The van der Waals surface area contributed by atoms with Crippen molar-refractivity contribution in [1.29, 1.82) is 0 Å². The fraction of sp³-hybridized carbons (Fsp3) is 0.381. The van der Waals surface area contributed by atoms with Crippen LogP contribution in [-0.2, 0) is 0 Å². The molecule has 1 heterocycles. The van der Waals surface area contributed by atoms with Crippen LogP contribution in [0.5, 0.6) is 0 Å². The lowest BCUT2D eigenvalue weighted by Crippen LogP contribution is -2.21. The van der Waals surface area contributed by atoms with Gasteiger partial charge in [0.1, 0.15) is 0 Å². The standard InChI is InChI=1S/C21H27N2/c1-14-9-16(3)20(17(4)10-14)22-7-8-23(13-22)21-18(5)11-15(2)12-19(21)6/h9-13H,7-8H2,1-6H3/q-1. The lowest BCUT2D eigenvalue weighted by molar-refractivity contribution is 1.01. The predicted molar refractivity (Wildman–Crippen MR) is 100 cm³/mol. The van der Waals surface area contributed by atoms with Crippen LogP contribution in [0.25, 0.3) is 0 Å². The summed E-state index contributed by atoms with van der Waals surface area (Å²) in [6, 6.07) is 9.12. The Labute approximate surface area is 140 Å². The number of aryl methyl sites for hydroxylation is 6. The Bertz CT molecular complexity index is 636. The summed E-state index contributed by atoms with van der Waals surface area (Å²) in [6.45, 7) is 17.6. The van der Waals surface area contributed by atoms with Gasteiger partial charge in [0, 0.05) is 24.5 Å². The summed E-state index contributed by atoms with van der Waals surface area (Å²) in [4.78, 5) is 4.81. The SMILES string of the molecule is Cc1cc(C)c(N2[CH-]N(c3c(C)cc(C)cc3C)CC2)c(C)c1. The molecule has 0 aromatic heterocycles. The fourth-order valence-corrected chi connectivity index (χ4v) is 4.09. The Morgan fingerprint density at radius 1 is 0.609 bits per heavy atom. The normalized spacial score (nSPS) is 14.7. The van der Waals surface area contributed by atoms with Gasteiger partial charge in [-0.3, -0.25) is 0 Å². The van der Waals surface area contributed by atoms with E-state index in [1.807, 2.05) is 0 Å². The van der Waals surface area contributed by atoms with E-state index >= 15 is 0 Å². The summed E-state index contributed by atoms with van der Waals surface area (Å²) in [5, 5.41) is 0. The first-order valence-corrected chi connectivity index (χ1v) is 8.41. The van der Waals surface area contributed by atoms with Gasteiger partial charge < -0.3 is 9.80 Å². The van der Waals surface area contributed by atoms with E-state index in [1.165, 1.54) is 44.8 Å². The maximum Gasteiger partial charge on any atom is 0.0146 e. The molecule has 23 heavy (non-hydrogen) atoms. The van der Waals surface area contributed by atoms with Crippen molar-refractivity contribution in [3.63, 3.8) is 0 Å². The van der Waals surface area contributed by atoms with Gasteiger partial charge in [-0.25, -0.2) is 0 Å². The third-order valence-electron chi connectivity index (χ3n) is 4.71. The van der Waals surface area contributed by atoms with Crippen LogP contribution in [-0.4, -0.2) is 13.1 Å². The third kappa shape index (κ3) is 2.95. The molecule has 0 saturated carbocycles. The highest BCUT2D eigenvalue weighted by Gasteiger charge is 2.17. The van der Waals surface area contributed by atoms with E-state index in [2.05, 4.69) is 82.3 Å². The smallest absolute Gasteiger partial charge is 0.0146 e. The molecule has 1 aliphatic heterocycles. The van der Waals surface area contributed by atoms with Gasteiger partial charge in [0.25, 0.3) is 0 Å². The van der Waals surface area contributed by atoms with Gasteiger partial charge in [-0.05, 0) is 63.8 Å². The first kappa shape index (κ1) is 15.9. The Hall–Kier alpha value is -1.96. The minimum atomic E-state index is 1.04. The predicted octanol–water partition coefficient (Wildman–Crippen LogP) is 4.98. The average Bonchev–Trinajstić information content (AvgIpc) is 2.85. The van der Waals surface area contributed by atoms with Gasteiger partial charge in [-0.15, -0.1) is 0 Å². The Kier molecular flexibility index (Phi) is 4.09. The first-order valence-electron chi connectivity index (χ1n) is 8.41. The van der Waals surface area contributed by atoms with E-state index in [0.717, 1.165) is 13.1 Å². The van der Waals surface area contributed by atoms with Gasteiger partial charge in [-0.1, -0.05) is 35.4 Å². The molecule has 0 spiro atoms. The minimum Gasteiger partial charge on any atom is -0.502 e. The van der Waals surface area contributed by atoms with Gasteiger partial charge >= 0.3 is 0 Å². The number of anilines is 2. The largest absolute Gasteiger partial charge is 0.502 e. The number of rotatable bonds is 2. The summed E-state index contributed by atoms with van der Waals surface area (Å²) in [7, 11) is 0. The summed E-state index contributed by atoms with van der Waals surface area (Å²) < 4.78 is 0. The molecule has 3 rings (SSSR count). The molecular weight excluding hydrogens is 280 g/mol. The van der Waals surface area contributed by atoms with Crippen molar-refractivity contribution in [2.75, 3.05) is 22.9 Å². The van der Waals surface area contributed by atoms with Gasteiger partial charge in [0.05, 0.1) is 0 Å². The summed E-state index contributed by atoms with van der Waals surface area (Å²) in [5.74, 6) is 0. The van der Waals surface area contributed by atoms with Crippen molar-refractivity contribution in [3.05, 3.63) is 64.3 Å². The maximum atomic E-state index is 2.41. The van der Waals surface area contributed by atoms with Crippen molar-refractivity contribution < 1.29 is 0 Å². The van der Waals surface area contributed by atoms with Crippen LogP contribution in [0.3, 0.4) is 0 Å². The average molecular weight is 307 g/mol. The third-order valence-corrected chi connectivity index (χ3v) is 4.71. The number of nitrogens with zero attached hydrogens (tertiary/aromatic N) is 2. The highest BCUT2D eigenvalue weighted by Crippen LogP contribution is 2.34. The number of benzene rings is 2. The lowest BCUT2D eigenvalue weighted by atomic mass is 10.0. The van der Waals surface area contributed by atoms with Crippen molar-refractivity contribution in [2.24, 2.45) is 0 Å². The van der Waals surface area contributed by atoms with Crippen LogP contribution in [0.15, 0.2) is 24.3 Å². The second-order valence-electron chi connectivity index (χ2n) is 7.00. The highest BCUT2D eigenvalue weighted by atomic mass is 15.4. The molecule has 0 amide bonds. The zero-order chi connectivity index (χ0) is 16.7. The van der Waals surface area contributed by atoms with E-state index in [-0.39, 0.29) is 0 Å². The molecule has 122 valence electrons. The lowest BCUT2D eigenvalue weighted by Gasteiger charge is -2.37. The van der Waals surface area contributed by atoms with E-state index in [9.17, 15) is 0 Å². The molecule has 2 aromatic rings. The van der Waals surface area contributed by atoms with E-state index in [4.69, 9.17) is 0 Å². The molecule has 1 saturated heterocycles. The molecule has 2 nitrogen and oxygen atoms in total. The molecule has 0 atom stereocenters. The fourth-order valence-electron chi connectivity index (χ4n) is 4.09. The molecule has 0 unspecified atom stereocenters. The molecule has 0 radical (unpaired) electrons. The van der Waals surface area contributed by atoms with Gasteiger partial charge in [0.2, 0.25) is 0 Å². The first-order chi connectivity index (χ1) is 10.9. The van der Waals surface area contributed by atoms with Crippen LogP contribution < -0.4 is 9.80 Å². The topological polar surface area (TPSA) is 6.48 Å². The van der Waals surface area contributed by atoms with Crippen LogP contribution >= 0.6 is 0 Å². The second kappa shape index (κ2) is 5.92. The molecule has 0 N–H and O–H groups in total. The van der Waals surface area contributed by atoms with E-state index in [0.29, 0.717) is 0 Å². The minimum absolute atomic E-state index is 1.04. The quantitative estimate of drug-likeness (QED) is 0.722. The number of hydrogen-bond donors (Lipinski definition) is 0. The molecule has 1 fully saturated rings. The maximum absolute atomic E-state index is 2.41. The summed E-state index contributed by atoms with van der Waals surface area (Å²) >= 11 is 0. The Morgan fingerprint density at radius 2 is 0.913 bits per heavy atom. The zero-order valence-electron chi connectivity index (χ0n) is 15.2. The van der Waals surface area contributed by atoms with Gasteiger partial charge in [0.15, 0.2) is 0 Å². The molecule has 2 aromatic carbocycles. The second-order valence-corrected chi connectivity index (χ2v) is 7.00. The molecule has 0 bridgehead atoms. The van der Waals surface area contributed by atoms with E-state index < -0.39 is 0 Å². The van der Waals surface area contributed by atoms with Crippen LogP contribution in [0.2, 0.25) is 0 Å². The van der Waals surface area contributed by atoms with Crippen LogP contribution in [0, 0.1) is 48.2 Å².